The van der Waals surface area contributed by atoms with E-state index in [4.69, 9.17) is 0 Å². The predicted molar refractivity (Wildman–Crippen MR) is 44.3 cm³/mol. The van der Waals surface area contributed by atoms with Gasteiger partial charge in [0.1, 0.15) is 0 Å². The molecule has 0 aliphatic heterocycles. The first-order valence-corrected chi connectivity index (χ1v) is 3.70. The van der Waals surface area contributed by atoms with Crippen molar-refractivity contribution >= 4 is 5.78 Å². The topological polar surface area (TPSA) is 103 Å². The average molecular weight is 198 g/mol. The van der Waals surface area contributed by atoms with E-state index in [-0.39, 0.29) is 0 Å². The van der Waals surface area contributed by atoms with Crippen LogP contribution >= 0.6 is 0 Å². The van der Waals surface area contributed by atoms with Crippen molar-refractivity contribution in [2.75, 3.05) is 0 Å². The van der Waals surface area contributed by atoms with Crippen LogP contribution in [0, 0.1) is 26.1 Å². The minimum Gasteiger partial charge on any atom is -0.274 e. The molecule has 1 rings (SSSR count). The lowest BCUT2D eigenvalue weighted by Crippen LogP contribution is -2.23. The van der Waals surface area contributed by atoms with Crippen molar-refractivity contribution in [3.63, 3.8) is 0 Å². The van der Waals surface area contributed by atoms with Gasteiger partial charge in [-0.25, -0.2) is 0 Å². The maximum Gasteiger partial charge on any atom is 0.331 e. The first kappa shape index (κ1) is 10.0. The Morgan fingerprint density at radius 2 is 1.50 bits per heavy atom. The van der Waals surface area contributed by atoms with Crippen LogP contribution in [0.1, 0.15) is 6.92 Å². The molecular formula is C7H6N2O5. The standard InChI is InChI=1S/C7H6N2O5/c1-4-2-5(8(11)12)7(10)6(3-4)9(13)14/h2-4H,1H3. The van der Waals surface area contributed by atoms with Crippen molar-refractivity contribution < 1.29 is 14.6 Å². The lowest BCUT2D eigenvalue weighted by atomic mass is 10.00. The molecule has 0 atom stereocenters. The van der Waals surface area contributed by atoms with Crippen molar-refractivity contribution in [3.8, 4) is 0 Å². The summed E-state index contributed by atoms with van der Waals surface area (Å²) >= 11 is 0. The second kappa shape index (κ2) is 3.36. The molecule has 7 heteroatoms. The lowest BCUT2D eigenvalue weighted by molar-refractivity contribution is -0.435. The fourth-order valence-electron chi connectivity index (χ4n) is 1.12. The Morgan fingerprint density at radius 1 is 1.14 bits per heavy atom. The molecule has 0 bridgehead atoms. The Morgan fingerprint density at radius 3 is 1.79 bits per heavy atom. The third-order valence-corrected chi connectivity index (χ3v) is 1.70. The summed E-state index contributed by atoms with van der Waals surface area (Å²) in [5.74, 6) is -1.62. The summed E-state index contributed by atoms with van der Waals surface area (Å²) in [4.78, 5) is 30.0. The Balaban J connectivity index is 3.13. The minimum atomic E-state index is -1.14. The van der Waals surface area contributed by atoms with Crippen LogP contribution in [-0.4, -0.2) is 15.6 Å². The van der Waals surface area contributed by atoms with Gasteiger partial charge in [0.25, 0.3) is 0 Å². The van der Waals surface area contributed by atoms with Gasteiger partial charge in [-0.3, -0.25) is 25.0 Å². The summed E-state index contributed by atoms with van der Waals surface area (Å²) in [7, 11) is 0. The number of allylic oxidation sites excluding steroid dienone is 2. The molecule has 74 valence electrons. The third kappa shape index (κ3) is 1.65. The third-order valence-electron chi connectivity index (χ3n) is 1.70. The van der Waals surface area contributed by atoms with E-state index in [9.17, 15) is 25.0 Å². The van der Waals surface area contributed by atoms with Gasteiger partial charge in [-0.1, -0.05) is 6.92 Å². The van der Waals surface area contributed by atoms with Crippen LogP contribution in [0.15, 0.2) is 23.5 Å². The van der Waals surface area contributed by atoms with Crippen molar-refractivity contribution in [1.29, 1.82) is 0 Å². The van der Waals surface area contributed by atoms with Gasteiger partial charge in [-0.05, 0) is 0 Å². The van der Waals surface area contributed by atoms with E-state index in [0.29, 0.717) is 0 Å². The highest BCUT2D eigenvalue weighted by Crippen LogP contribution is 2.19. The highest BCUT2D eigenvalue weighted by molar-refractivity contribution is 6.05. The van der Waals surface area contributed by atoms with E-state index in [1.807, 2.05) is 0 Å². The quantitative estimate of drug-likeness (QED) is 0.475. The predicted octanol–water partition coefficient (Wildman–Crippen LogP) is 0.526. The van der Waals surface area contributed by atoms with Gasteiger partial charge in [-0.2, -0.15) is 0 Å². The zero-order valence-corrected chi connectivity index (χ0v) is 7.17. The second-order valence-electron chi connectivity index (χ2n) is 2.81. The monoisotopic (exact) mass is 198 g/mol. The summed E-state index contributed by atoms with van der Waals surface area (Å²) in [6, 6.07) is 0. The van der Waals surface area contributed by atoms with E-state index in [1.54, 1.807) is 0 Å². The van der Waals surface area contributed by atoms with Crippen LogP contribution in [0.2, 0.25) is 0 Å². The van der Waals surface area contributed by atoms with E-state index < -0.39 is 32.9 Å². The van der Waals surface area contributed by atoms with Crippen LogP contribution in [0.25, 0.3) is 0 Å². The number of hydrogen-bond acceptors (Lipinski definition) is 5. The number of Topliss-reactive ketones (excluding diaryl/α,β-unsaturated/α-hetero) is 1. The van der Waals surface area contributed by atoms with Gasteiger partial charge < -0.3 is 0 Å². The maximum atomic E-state index is 11.1. The first-order valence-electron chi connectivity index (χ1n) is 3.70. The summed E-state index contributed by atoms with van der Waals surface area (Å²) < 4.78 is 0. The number of nitro groups is 2. The highest BCUT2D eigenvalue weighted by atomic mass is 16.6. The fourth-order valence-corrected chi connectivity index (χ4v) is 1.12. The van der Waals surface area contributed by atoms with Crippen molar-refractivity contribution in [3.05, 3.63) is 43.8 Å². The lowest BCUT2D eigenvalue weighted by Gasteiger charge is -2.05. The molecule has 0 aromatic rings. The molecule has 0 fully saturated rings. The largest absolute Gasteiger partial charge is 0.331 e. The van der Waals surface area contributed by atoms with Crippen molar-refractivity contribution in [1.82, 2.24) is 0 Å². The number of carbonyl (C=O) groups is 1. The molecule has 0 amide bonds. The number of ketones is 1. The zero-order chi connectivity index (χ0) is 10.9. The number of hydrogen-bond donors (Lipinski definition) is 0. The van der Waals surface area contributed by atoms with Crippen molar-refractivity contribution in [2.24, 2.45) is 5.92 Å². The maximum absolute atomic E-state index is 11.1. The average Bonchev–Trinajstić information content (AvgIpc) is 2.07. The molecule has 7 nitrogen and oxygen atoms in total. The smallest absolute Gasteiger partial charge is 0.274 e. The number of rotatable bonds is 2. The first-order chi connectivity index (χ1) is 6.43. The van der Waals surface area contributed by atoms with Gasteiger partial charge in [0, 0.05) is 18.1 Å². The molecule has 0 saturated heterocycles. The van der Waals surface area contributed by atoms with Crippen LogP contribution in [0.3, 0.4) is 0 Å². The molecule has 0 aromatic carbocycles. The van der Waals surface area contributed by atoms with Crippen LogP contribution < -0.4 is 0 Å². The van der Waals surface area contributed by atoms with Gasteiger partial charge >= 0.3 is 17.2 Å². The molecule has 0 saturated carbocycles. The van der Waals surface area contributed by atoms with E-state index >= 15 is 0 Å². The van der Waals surface area contributed by atoms with Gasteiger partial charge in [-0.15, -0.1) is 0 Å². The molecule has 0 N–H and O–H groups in total. The highest BCUT2D eigenvalue weighted by Gasteiger charge is 2.37. The van der Waals surface area contributed by atoms with Gasteiger partial charge in [0.2, 0.25) is 0 Å². The van der Waals surface area contributed by atoms with Gasteiger partial charge in [0.15, 0.2) is 0 Å². The summed E-state index contributed by atoms with van der Waals surface area (Å²) in [5.41, 5.74) is -1.46. The Bertz CT molecular complexity index is 348. The number of nitrogens with zero attached hydrogens (tertiary/aromatic N) is 2. The minimum absolute atomic E-state index is 0.478. The fraction of sp³-hybridized carbons (Fsp3) is 0.286. The van der Waals surface area contributed by atoms with E-state index in [2.05, 4.69) is 0 Å². The molecule has 0 spiro atoms. The molecule has 0 heterocycles. The molecule has 0 radical (unpaired) electrons. The summed E-state index contributed by atoms with van der Waals surface area (Å²) in [6.07, 6.45) is 2.19. The van der Waals surface area contributed by atoms with Crippen LogP contribution in [-0.2, 0) is 4.79 Å². The molecule has 14 heavy (non-hydrogen) atoms. The summed E-state index contributed by atoms with van der Waals surface area (Å²) in [6.45, 7) is 1.53. The van der Waals surface area contributed by atoms with E-state index in [1.165, 1.54) is 6.92 Å². The number of carbonyl (C=O) groups excluding carboxylic acids is 1. The van der Waals surface area contributed by atoms with Crippen LogP contribution in [0.5, 0.6) is 0 Å². The summed E-state index contributed by atoms with van der Waals surface area (Å²) in [5, 5.41) is 20.7. The zero-order valence-electron chi connectivity index (χ0n) is 7.17. The second-order valence-corrected chi connectivity index (χ2v) is 2.81. The van der Waals surface area contributed by atoms with Crippen LogP contribution in [0.4, 0.5) is 0 Å². The Labute approximate surface area is 78.0 Å². The Hall–Kier alpha value is -2.05. The molecular weight excluding hydrogens is 192 g/mol. The van der Waals surface area contributed by atoms with Crippen molar-refractivity contribution in [2.45, 2.75) is 6.92 Å². The molecule has 0 aromatic heterocycles. The van der Waals surface area contributed by atoms with Gasteiger partial charge in [0.05, 0.1) is 9.85 Å². The normalized spacial score (nSPS) is 17.4. The SMILES string of the molecule is CC1C=C([N+](=O)[O-])C(=O)C([N+](=O)[O-])=C1. The molecule has 0 unspecified atom stereocenters. The Kier molecular flexibility index (Phi) is 2.41. The molecule has 1 aliphatic carbocycles. The van der Waals surface area contributed by atoms with E-state index in [0.717, 1.165) is 12.2 Å². The molecule has 1 aliphatic rings.